The second kappa shape index (κ2) is 8.19. The number of likely N-dealkylation sites (N-methyl/N-ethyl adjacent to an activating group) is 1. The van der Waals surface area contributed by atoms with Crippen LogP contribution < -0.4 is 5.32 Å². The van der Waals surface area contributed by atoms with Crippen LogP contribution in [0.4, 0.5) is 0 Å². The highest BCUT2D eigenvalue weighted by Crippen LogP contribution is 2.28. The van der Waals surface area contributed by atoms with Crippen LogP contribution in [0.2, 0.25) is 0 Å². The molecular weight excluding hydrogens is 354 g/mol. The molecule has 1 aromatic heterocycles. The van der Waals surface area contributed by atoms with E-state index in [0.29, 0.717) is 6.54 Å². The van der Waals surface area contributed by atoms with Crippen LogP contribution >= 0.6 is 11.3 Å². The molecule has 4 nitrogen and oxygen atoms in total. The number of benzene rings is 2. The number of thiazole rings is 1. The number of amides is 1. The first-order valence-electron chi connectivity index (χ1n) is 9.27. The molecule has 3 aromatic rings. The van der Waals surface area contributed by atoms with E-state index in [2.05, 4.69) is 50.4 Å². The summed E-state index contributed by atoms with van der Waals surface area (Å²) >= 11 is 1.69. The first-order chi connectivity index (χ1) is 12.8. The predicted molar refractivity (Wildman–Crippen MR) is 113 cm³/mol. The third-order valence-corrected chi connectivity index (χ3v) is 6.34. The Morgan fingerprint density at radius 1 is 1.15 bits per heavy atom. The smallest absolute Gasteiger partial charge is 0.234 e. The Hall–Kier alpha value is -2.24. The van der Waals surface area contributed by atoms with E-state index in [-0.39, 0.29) is 18.0 Å². The highest BCUT2D eigenvalue weighted by Gasteiger charge is 2.19. The third kappa shape index (κ3) is 4.54. The lowest BCUT2D eigenvalue weighted by Crippen LogP contribution is -2.37. The summed E-state index contributed by atoms with van der Waals surface area (Å²) in [7, 11) is 1.97. The molecule has 1 N–H and O–H groups in total. The molecule has 5 heteroatoms. The van der Waals surface area contributed by atoms with Crippen LogP contribution in [-0.4, -0.2) is 29.4 Å². The third-order valence-electron chi connectivity index (χ3n) is 5.13. The van der Waals surface area contributed by atoms with Crippen molar-refractivity contribution in [3.63, 3.8) is 0 Å². The largest absolute Gasteiger partial charge is 0.348 e. The van der Waals surface area contributed by atoms with Crippen molar-refractivity contribution in [2.75, 3.05) is 13.6 Å². The van der Waals surface area contributed by atoms with Crippen LogP contribution in [0.1, 0.15) is 47.6 Å². The van der Waals surface area contributed by atoms with E-state index in [0.717, 1.165) is 16.1 Å². The van der Waals surface area contributed by atoms with Gasteiger partial charge in [0.05, 0.1) is 28.8 Å². The molecule has 0 radical (unpaired) electrons. The molecule has 27 heavy (non-hydrogen) atoms. The minimum absolute atomic E-state index is 0.0112. The fourth-order valence-electron chi connectivity index (χ4n) is 3.03. The Labute approximate surface area is 165 Å². The molecule has 1 heterocycles. The number of fused-ring (bicyclic) bond motifs is 1. The summed E-state index contributed by atoms with van der Waals surface area (Å²) in [5.41, 5.74) is 4.66. The van der Waals surface area contributed by atoms with Crippen molar-refractivity contribution in [2.24, 2.45) is 0 Å². The molecule has 2 aromatic carbocycles. The molecule has 0 unspecified atom stereocenters. The monoisotopic (exact) mass is 381 g/mol. The van der Waals surface area contributed by atoms with Gasteiger partial charge in [0.2, 0.25) is 5.91 Å². The lowest BCUT2D eigenvalue weighted by Gasteiger charge is -2.23. The molecule has 0 aliphatic rings. The highest BCUT2D eigenvalue weighted by atomic mass is 32.1. The van der Waals surface area contributed by atoms with Crippen LogP contribution in [-0.2, 0) is 4.79 Å². The first-order valence-corrected chi connectivity index (χ1v) is 10.1. The highest BCUT2D eigenvalue weighted by molar-refractivity contribution is 7.18. The number of para-hydroxylation sites is 1. The van der Waals surface area contributed by atoms with Crippen molar-refractivity contribution < 1.29 is 4.79 Å². The number of hydrogen-bond donors (Lipinski definition) is 1. The summed E-state index contributed by atoms with van der Waals surface area (Å²) in [6, 6.07) is 14.6. The summed E-state index contributed by atoms with van der Waals surface area (Å²) < 4.78 is 1.18. The van der Waals surface area contributed by atoms with Gasteiger partial charge < -0.3 is 5.32 Å². The number of aromatic nitrogens is 1. The van der Waals surface area contributed by atoms with Gasteiger partial charge in [-0.1, -0.05) is 30.3 Å². The first kappa shape index (κ1) is 19.5. The summed E-state index contributed by atoms with van der Waals surface area (Å²) in [5.74, 6) is 0.0242. The SMILES string of the molecule is Cc1ccc([C@@H](C)NC(=O)CN(C)[C@@H](C)c2nc3ccccc3s2)cc1C. The molecule has 1 amide bonds. The van der Waals surface area contributed by atoms with E-state index < -0.39 is 0 Å². The van der Waals surface area contributed by atoms with Crippen molar-refractivity contribution in [3.05, 3.63) is 64.2 Å². The Bertz CT molecular complexity index is 917. The summed E-state index contributed by atoms with van der Waals surface area (Å²) in [4.78, 5) is 19.3. The van der Waals surface area contributed by atoms with Gasteiger partial charge in [-0.3, -0.25) is 9.69 Å². The van der Waals surface area contributed by atoms with Gasteiger partial charge in [-0.05, 0) is 63.6 Å². The molecule has 0 aliphatic heterocycles. The molecule has 0 saturated heterocycles. The quantitative estimate of drug-likeness (QED) is 0.668. The Balaban J connectivity index is 1.61. The van der Waals surface area contributed by atoms with E-state index >= 15 is 0 Å². The number of rotatable bonds is 6. The van der Waals surface area contributed by atoms with Gasteiger partial charge >= 0.3 is 0 Å². The lowest BCUT2D eigenvalue weighted by atomic mass is 10.0. The molecule has 0 saturated carbocycles. The second-order valence-corrected chi connectivity index (χ2v) is 8.31. The average molecular weight is 382 g/mol. The molecular formula is C22H27N3OS. The van der Waals surface area contributed by atoms with Gasteiger partial charge in [0.15, 0.2) is 0 Å². The van der Waals surface area contributed by atoms with Crippen LogP contribution in [0.25, 0.3) is 10.2 Å². The maximum Gasteiger partial charge on any atom is 0.234 e. The van der Waals surface area contributed by atoms with Crippen LogP contribution in [0.15, 0.2) is 42.5 Å². The maximum atomic E-state index is 12.5. The molecule has 0 spiro atoms. The van der Waals surface area contributed by atoms with Gasteiger partial charge in [-0.2, -0.15) is 0 Å². The fraction of sp³-hybridized carbons (Fsp3) is 0.364. The minimum atomic E-state index is -0.0112. The topological polar surface area (TPSA) is 45.2 Å². The van der Waals surface area contributed by atoms with Crippen molar-refractivity contribution in [3.8, 4) is 0 Å². The zero-order valence-electron chi connectivity index (χ0n) is 16.6. The van der Waals surface area contributed by atoms with E-state index in [1.54, 1.807) is 11.3 Å². The Morgan fingerprint density at radius 3 is 2.59 bits per heavy atom. The molecule has 0 fully saturated rings. The van der Waals surface area contributed by atoms with E-state index in [1.165, 1.54) is 15.8 Å². The number of carbonyl (C=O) groups is 1. The van der Waals surface area contributed by atoms with Gasteiger partial charge in [-0.15, -0.1) is 11.3 Å². The minimum Gasteiger partial charge on any atom is -0.348 e. The molecule has 0 bridgehead atoms. The molecule has 0 aliphatic carbocycles. The van der Waals surface area contributed by atoms with Crippen molar-refractivity contribution in [1.82, 2.24) is 15.2 Å². The van der Waals surface area contributed by atoms with Crippen molar-refractivity contribution in [2.45, 2.75) is 39.8 Å². The number of aryl methyl sites for hydroxylation is 2. The van der Waals surface area contributed by atoms with Gasteiger partial charge in [-0.25, -0.2) is 4.98 Å². The van der Waals surface area contributed by atoms with Crippen LogP contribution in [0, 0.1) is 13.8 Å². The number of carbonyl (C=O) groups excluding carboxylic acids is 1. The van der Waals surface area contributed by atoms with Crippen molar-refractivity contribution in [1.29, 1.82) is 0 Å². The summed E-state index contributed by atoms with van der Waals surface area (Å²) in [6.45, 7) is 8.66. The van der Waals surface area contributed by atoms with Gasteiger partial charge in [0.1, 0.15) is 5.01 Å². The van der Waals surface area contributed by atoms with Gasteiger partial charge in [0, 0.05) is 0 Å². The zero-order valence-corrected chi connectivity index (χ0v) is 17.4. The maximum absolute atomic E-state index is 12.5. The fourth-order valence-corrected chi connectivity index (χ4v) is 4.11. The van der Waals surface area contributed by atoms with Crippen LogP contribution in [0.3, 0.4) is 0 Å². The van der Waals surface area contributed by atoms with Crippen LogP contribution in [0.5, 0.6) is 0 Å². The summed E-state index contributed by atoms with van der Waals surface area (Å²) in [5, 5.41) is 4.14. The second-order valence-electron chi connectivity index (χ2n) is 7.24. The average Bonchev–Trinajstić information content (AvgIpc) is 3.07. The lowest BCUT2D eigenvalue weighted by molar-refractivity contribution is -0.123. The van der Waals surface area contributed by atoms with Gasteiger partial charge in [0.25, 0.3) is 0 Å². The predicted octanol–water partition coefficient (Wildman–Crippen LogP) is 4.78. The Morgan fingerprint density at radius 2 is 1.89 bits per heavy atom. The normalized spacial score (nSPS) is 13.7. The van der Waals surface area contributed by atoms with E-state index in [4.69, 9.17) is 4.98 Å². The van der Waals surface area contributed by atoms with E-state index in [9.17, 15) is 4.79 Å². The van der Waals surface area contributed by atoms with Crippen molar-refractivity contribution >= 4 is 27.5 Å². The molecule has 142 valence electrons. The number of nitrogens with zero attached hydrogens (tertiary/aromatic N) is 2. The zero-order chi connectivity index (χ0) is 19.6. The van der Waals surface area contributed by atoms with E-state index in [1.807, 2.05) is 37.1 Å². The summed E-state index contributed by atoms with van der Waals surface area (Å²) in [6.07, 6.45) is 0. The number of nitrogens with one attached hydrogen (secondary N) is 1. The standard InChI is InChI=1S/C22H27N3OS/c1-14-10-11-18(12-15(14)2)16(3)23-21(26)13-25(5)17(4)22-24-19-8-6-7-9-20(19)27-22/h6-12,16-17H,13H2,1-5H3,(H,23,26)/t16-,17+/m1/s1. The molecule has 3 rings (SSSR count). The number of hydrogen-bond acceptors (Lipinski definition) is 4. The Kier molecular flexibility index (Phi) is 5.92. The molecule has 2 atom stereocenters.